The molecule has 1 atom stereocenters. The van der Waals surface area contributed by atoms with Crippen molar-refractivity contribution in [3.05, 3.63) is 21.6 Å². The Hall–Kier alpha value is -1.63. The molecule has 1 saturated carbocycles. The molecule has 2 aliphatic heterocycles. The molecule has 1 aliphatic carbocycles. The van der Waals surface area contributed by atoms with E-state index in [1.807, 2.05) is 0 Å². The number of fused-ring (bicyclic) bond motifs is 1. The van der Waals surface area contributed by atoms with Gasteiger partial charge in [-0.15, -0.1) is 0 Å². The Labute approximate surface area is 104 Å². The van der Waals surface area contributed by atoms with Gasteiger partial charge in [0.1, 0.15) is 0 Å². The number of nitro groups is 1. The highest BCUT2D eigenvalue weighted by atomic mass is 16.6. The van der Waals surface area contributed by atoms with Gasteiger partial charge in [-0.1, -0.05) is 0 Å². The van der Waals surface area contributed by atoms with E-state index < -0.39 is 16.3 Å². The van der Waals surface area contributed by atoms with Gasteiger partial charge < -0.3 is 10.0 Å². The summed E-state index contributed by atoms with van der Waals surface area (Å²) in [5, 5.41) is 29.0. The number of rotatable bonds is 3. The fraction of sp³-hybridized carbons (Fsp3) is 0.727. The second-order valence-corrected chi connectivity index (χ2v) is 5.36. The first kappa shape index (κ1) is 11.5. The number of hydrogen-bond acceptors (Lipinski definition) is 5. The minimum absolute atomic E-state index is 0.168. The maximum atomic E-state index is 10.9. The van der Waals surface area contributed by atoms with Crippen LogP contribution in [0, 0.1) is 21.4 Å². The molecule has 0 spiro atoms. The van der Waals surface area contributed by atoms with Gasteiger partial charge in [0.25, 0.3) is 0 Å². The third kappa shape index (κ3) is 1.30. The second-order valence-electron chi connectivity index (χ2n) is 5.36. The molecule has 2 N–H and O–H groups in total. The van der Waals surface area contributed by atoms with Crippen molar-refractivity contribution >= 4 is 5.84 Å². The topological polar surface area (TPSA) is 93.7 Å². The van der Waals surface area contributed by atoms with Gasteiger partial charge in [0.15, 0.2) is 5.66 Å². The lowest BCUT2D eigenvalue weighted by molar-refractivity contribution is -0.418. The van der Waals surface area contributed by atoms with Crippen molar-refractivity contribution in [2.45, 2.75) is 25.4 Å². The first-order valence-corrected chi connectivity index (χ1v) is 6.16. The zero-order valence-electron chi connectivity index (χ0n) is 10.2. The molecule has 1 unspecified atom stereocenters. The van der Waals surface area contributed by atoms with Crippen molar-refractivity contribution in [3.63, 3.8) is 0 Å². The summed E-state index contributed by atoms with van der Waals surface area (Å²) in [6.07, 6.45) is 2.38. The van der Waals surface area contributed by atoms with Crippen LogP contribution >= 0.6 is 0 Å². The van der Waals surface area contributed by atoms with Gasteiger partial charge in [0, 0.05) is 19.6 Å². The van der Waals surface area contributed by atoms with Crippen LogP contribution in [0.1, 0.15) is 19.8 Å². The van der Waals surface area contributed by atoms with Crippen molar-refractivity contribution in [2.75, 3.05) is 19.6 Å². The van der Waals surface area contributed by atoms with Gasteiger partial charge in [-0.2, -0.15) is 0 Å². The SMILES string of the molecule is CC12C(O)=C([N+](=O)[O-])C(=N)N1CCN2CC1CC1. The van der Waals surface area contributed by atoms with Crippen LogP contribution in [-0.4, -0.2) is 51.0 Å². The molecule has 0 aromatic heterocycles. The average molecular weight is 252 g/mol. The van der Waals surface area contributed by atoms with Gasteiger partial charge >= 0.3 is 5.70 Å². The lowest BCUT2D eigenvalue weighted by Crippen LogP contribution is -2.51. The number of nitrogens with one attached hydrogen (secondary N) is 1. The molecule has 3 rings (SSSR count). The minimum Gasteiger partial charge on any atom is -0.503 e. The number of amidine groups is 1. The van der Waals surface area contributed by atoms with E-state index >= 15 is 0 Å². The Kier molecular flexibility index (Phi) is 2.19. The average Bonchev–Trinajstić information content (AvgIpc) is 3.00. The molecule has 0 radical (unpaired) electrons. The number of nitrogens with zero attached hydrogens (tertiary/aromatic N) is 3. The smallest absolute Gasteiger partial charge is 0.351 e. The quantitative estimate of drug-likeness (QED) is 0.571. The first-order chi connectivity index (χ1) is 8.46. The van der Waals surface area contributed by atoms with Crippen LogP contribution in [0.25, 0.3) is 0 Å². The molecule has 3 aliphatic rings. The monoisotopic (exact) mass is 252 g/mol. The molecule has 7 heteroatoms. The summed E-state index contributed by atoms with van der Waals surface area (Å²) in [5.74, 6) is 0.192. The number of hydrogen-bond donors (Lipinski definition) is 2. The Morgan fingerprint density at radius 2 is 2.22 bits per heavy atom. The Balaban J connectivity index is 1.97. The lowest BCUT2D eigenvalue weighted by atomic mass is 10.1. The molecule has 0 aromatic carbocycles. The lowest BCUT2D eigenvalue weighted by Gasteiger charge is -2.35. The molecule has 0 bridgehead atoms. The van der Waals surface area contributed by atoms with E-state index in [-0.39, 0.29) is 11.6 Å². The second kappa shape index (κ2) is 3.44. The summed E-state index contributed by atoms with van der Waals surface area (Å²) in [6, 6.07) is 0. The normalized spacial score (nSPS) is 32.3. The maximum Gasteiger partial charge on any atom is 0.351 e. The van der Waals surface area contributed by atoms with Crippen molar-refractivity contribution in [3.8, 4) is 0 Å². The molecule has 2 heterocycles. The zero-order chi connectivity index (χ0) is 13.1. The Morgan fingerprint density at radius 1 is 1.56 bits per heavy atom. The molecule has 2 fully saturated rings. The number of aliphatic hydroxyl groups is 1. The summed E-state index contributed by atoms with van der Waals surface area (Å²) in [5.41, 5.74) is -1.33. The molecular weight excluding hydrogens is 236 g/mol. The fourth-order valence-corrected chi connectivity index (χ4v) is 2.95. The Bertz CT molecular complexity index is 471. The predicted molar refractivity (Wildman–Crippen MR) is 63.8 cm³/mol. The fourth-order valence-electron chi connectivity index (χ4n) is 2.95. The standard InChI is InChI=1S/C11H16N4O3/c1-11-9(16)8(15(17)18)10(12)14(11)5-4-13(11)6-7-2-3-7/h7,12,16H,2-6H2,1H3. The maximum absolute atomic E-state index is 10.9. The van der Waals surface area contributed by atoms with Crippen LogP contribution in [0.3, 0.4) is 0 Å². The van der Waals surface area contributed by atoms with Crippen LogP contribution in [0.4, 0.5) is 0 Å². The van der Waals surface area contributed by atoms with E-state index in [4.69, 9.17) is 5.41 Å². The van der Waals surface area contributed by atoms with Crippen LogP contribution in [-0.2, 0) is 0 Å². The first-order valence-electron chi connectivity index (χ1n) is 6.16. The zero-order valence-corrected chi connectivity index (χ0v) is 10.2. The van der Waals surface area contributed by atoms with E-state index in [1.54, 1.807) is 11.8 Å². The van der Waals surface area contributed by atoms with E-state index in [9.17, 15) is 15.2 Å². The summed E-state index contributed by atoms with van der Waals surface area (Å²) < 4.78 is 0. The highest BCUT2D eigenvalue weighted by Gasteiger charge is 2.59. The largest absolute Gasteiger partial charge is 0.503 e. The van der Waals surface area contributed by atoms with Gasteiger partial charge in [-0.05, 0) is 25.7 Å². The van der Waals surface area contributed by atoms with Gasteiger partial charge in [-0.25, -0.2) is 0 Å². The van der Waals surface area contributed by atoms with Gasteiger partial charge in [0.2, 0.25) is 11.6 Å². The summed E-state index contributed by atoms with van der Waals surface area (Å²) in [6.45, 7) is 3.91. The van der Waals surface area contributed by atoms with E-state index in [0.717, 1.165) is 13.1 Å². The summed E-state index contributed by atoms with van der Waals surface area (Å²) in [4.78, 5) is 14.0. The van der Waals surface area contributed by atoms with Crippen molar-refractivity contribution in [2.24, 2.45) is 5.92 Å². The van der Waals surface area contributed by atoms with Crippen molar-refractivity contribution < 1.29 is 10.0 Å². The van der Waals surface area contributed by atoms with Crippen LogP contribution in [0.2, 0.25) is 0 Å². The number of aliphatic hydroxyl groups excluding tert-OH is 1. The highest BCUT2D eigenvalue weighted by molar-refractivity contribution is 5.98. The van der Waals surface area contributed by atoms with Crippen molar-refractivity contribution in [1.82, 2.24) is 9.80 Å². The molecular formula is C11H16N4O3. The van der Waals surface area contributed by atoms with Crippen LogP contribution in [0.15, 0.2) is 11.5 Å². The molecule has 7 nitrogen and oxygen atoms in total. The molecule has 0 aromatic rings. The third-order valence-electron chi connectivity index (χ3n) is 4.26. The molecule has 0 amide bonds. The molecule has 1 saturated heterocycles. The van der Waals surface area contributed by atoms with E-state index in [1.165, 1.54) is 12.8 Å². The van der Waals surface area contributed by atoms with Gasteiger partial charge in [-0.3, -0.25) is 20.4 Å². The Morgan fingerprint density at radius 3 is 2.78 bits per heavy atom. The summed E-state index contributed by atoms with van der Waals surface area (Å²) >= 11 is 0. The third-order valence-corrected chi connectivity index (χ3v) is 4.26. The van der Waals surface area contributed by atoms with Crippen LogP contribution < -0.4 is 0 Å². The van der Waals surface area contributed by atoms with E-state index in [0.29, 0.717) is 12.5 Å². The van der Waals surface area contributed by atoms with Gasteiger partial charge in [0.05, 0.1) is 4.92 Å². The molecule has 18 heavy (non-hydrogen) atoms. The highest BCUT2D eigenvalue weighted by Crippen LogP contribution is 2.43. The molecule has 98 valence electrons. The predicted octanol–water partition coefficient (Wildman–Crippen LogP) is 0.767. The van der Waals surface area contributed by atoms with Crippen molar-refractivity contribution in [1.29, 1.82) is 5.41 Å². The van der Waals surface area contributed by atoms with Crippen LogP contribution in [0.5, 0.6) is 0 Å². The summed E-state index contributed by atoms with van der Waals surface area (Å²) in [7, 11) is 0. The minimum atomic E-state index is -0.887. The van der Waals surface area contributed by atoms with E-state index in [2.05, 4.69) is 4.90 Å².